The number of anilines is 1. The lowest BCUT2D eigenvalue weighted by atomic mass is 9.59. The van der Waals surface area contributed by atoms with E-state index in [4.69, 9.17) is 9.15 Å². The molecular weight excluding hydrogens is 744 g/mol. The molecule has 1 aromatic heterocycles. The van der Waals surface area contributed by atoms with E-state index in [1.54, 1.807) is 37.3 Å². The average Bonchev–Trinajstić information content (AvgIpc) is 3.64. The van der Waals surface area contributed by atoms with E-state index in [1.165, 1.54) is 18.1 Å². The Hall–Kier alpha value is -4.61. The lowest BCUT2D eigenvalue weighted by molar-refractivity contribution is -0.123. The number of ether oxygens (including phenoxy) is 1. The number of aromatic hydroxyl groups is 1. The zero-order valence-electron chi connectivity index (χ0n) is 25.6. The predicted molar refractivity (Wildman–Crippen MR) is 183 cm³/mol. The van der Waals surface area contributed by atoms with Gasteiger partial charge in [0.25, 0.3) is 0 Å². The van der Waals surface area contributed by atoms with Gasteiger partial charge < -0.3 is 14.3 Å². The summed E-state index contributed by atoms with van der Waals surface area (Å²) in [5.74, 6) is -3.27. The Labute approximate surface area is 291 Å². The maximum atomic E-state index is 14.4. The molecule has 240 valence electrons. The van der Waals surface area contributed by atoms with Crippen molar-refractivity contribution in [2.45, 2.75) is 25.7 Å². The number of rotatable bonds is 4. The minimum Gasteiger partial charge on any atom is -0.503 e. The number of fused-ring (bicyclic) bond motifs is 4. The molecule has 9 nitrogen and oxygen atoms in total. The van der Waals surface area contributed by atoms with Crippen LogP contribution in [0.5, 0.6) is 11.5 Å². The van der Waals surface area contributed by atoms with Crippen molar-refractivity contribution in [3.8, 4) is 23.0 Å². The van der Waals surface area contributed by atoms with Gasteiger partial charge >= 0.3 is 0 Å². The minimum absolute atomic E-state index is 0.122. The van der Waals surface area contributed by atoms with Crippen LogP contribution in [-0.4, -0.2) is 40.6 Å². The Balaban J connectivity index is 1.19. The quantitative estimate of drug-likeness (QED) is 0.130. The summed E-state index contributed by atoms with van der Waals surface area (Å²) in [5.41, 5.74) is 4.93. The first-order valence-electron chi connectivity index (χ1n) is 15.4. The van der Waals surface area contributed by atoms with Gasteiger partial charge in [0.2, 0.25) is 17.7 Å². The van der Waals surface area contributed by atoms with Crippen molar-refractivity contribution in [1.29, 1.82) is 0 Å². The van der Waals surface area contributed by atoms with Crippen LogP contribution >= 0.6 is 31.9 Å². The number of amides is 2. The molecular formula is C37H26Br2N2O7. The first kappa shape index (κ1) is 30.7. The lowest BCUT2D eigenvalue weighted by Crippen LogP contribution is -2.40. The highest BCUT2D eigenvalue weighted by Gasteiger charge is 2.57. The number of halogens is 2. The van der Waals surface area contributed by atoms with E-state index in [0.717, 1.165) is 11.1 Å². The fourth-order valence-corrected chi connectivity index (χ4v) is 8.67. The Bertz CT molecular complexity index is 2200. The van der Waals surface area contributed by atoms with Crippen LogP contribution < -0.4 is 9.64 Å². The van der Waals surface area contributed by atoms with Crippen LogP contribution in [0.25, 0.3) is 22.6 Å². The van der Waals surface area contributed by atoms with Gasteiger partial charge in [0.1, 0.15) is 5.52 Å². The molecule has 8 rings (SSSR count). The van der Waals surface area contributed by atoms with E-state index in [0.29, 0.717) is 60.4 Å². The molecule has 0 saturated carbocycles. The predicted octanol–water partition coefficient (Wildman–Crippen LogP) is 7.37. The summed E-state index contributed by atoms with van der Waals surface area (Å²) in [6.07, 6.45) is 3.76. The van der Waals surface area contributed by atoms with E-state index in [-0.39, 0.29) is 41.3 Å². The second-order valence-corrected chi connectivity index (χ2v) is 14.0. The molecule has 4 unspecified atom stereocenters. The van der Waals surface area contributed by atoms with Crippen LogP contribution in [0.4, 0.5) is 5.69 Å². The van der Waals surface area contributed by atoms with Crippen LogP contribution in [0.15, 0.2) is 102 Å². The van der Waals surface area contributed by atoms with Gasteiger partial charge in [-0.2, -0.15) is 0 Å². The van der Waals surface area contributed by atoms with Gasteiger partial charge in [-0.25, -0.2) is 4.98 Å². The third-order valence-corrected chi connectivity index (χ3v) is 12.1. The van der Waals surface area contributed by atoms with Gasteiger partial charge in [-0.15, -0.1) is 0 Å². The molecule has 0 bridgehead atoms. The Kier molecular flexibility index (Phi) is 7.19. The largest absolute Gasteiger partial charge is 0.503 e. The number of carbonyl (C=O) groups is 4. The fourth-order valence-electron chi connectivity index (χ4n) is 7.72. The SMILES string of the molecule is COc1cc(C2C3=CCC4C(=O)N(c5ccc(-c6nc7ccccc7o6)cc5)C(=O)C4C3CC3=C2C(=O)C=C(C)C3=O)c(Br)c(Br)c1O. The highest BCUT2D eigenvalue weighted by Crippen LogP contribution is 2.57. The van der Waals surface area contributed by atoms with Crippen molar-refractivity contribution in [3.05, 3.63) is 104 Å². The number of phenolic OH excluding ortho intramolecular Hbond substituents is 1. The number of ketones is 2. The average molecular weight is 770 g/mol. The Morgan fingerprint density at radius 2 is 1.73 bits per heavy atom. The number of benzene rings is 3. The molecule has 0 radical (unpaired) electrons. The van der Waals surface area contributed by atoms with Gasteiger partial charge in [-0.3, -0.25) is 24.1 Å². The van der Waals surface area contributed by atoms with Crippen molar-refractivity contribution < 1.29 is 33.4 Å². The maximum absolute atomic E-state index is 14.4. The van der Waals surface area contributed by atoms with Gasteiger partial charge in [0.05, 0.1) is 29.1 Å². The second kappa shape index (κ2) is 11.2. The van der Waals surface area contributed by atoms with Gasteiger partial charge in [-0.1, -0.05) is 23.8 Å². The molecule has 1 saturated heterocycles. The summed E-state index contributed by atoms with van der Waals surface area (Å²) in [4.78, 5) is 61.4. The van der Waals surface area contributed by atoms with Gasteiger partial charge in [-0.05, 0) is 112 Å². The first-order chi connectivity index (χ1) is 23.1. The van der Waals surface area contributed by atoms with Crippen molar-refractivity contribution in [3.63, 3.8) is 0 Å². The van der Waals surface area contributed by atoms with Crippen molar-refractivity contribution in [1.82, 2.24) is 4.98 Å². The molecule has 4 atom stereocenters. The fraction of sp³-hybridized carbons (Fsp3) is 0.216. The minimum atomic E-state index is -0.735. The van der Waals surface area contributed by atoms with E-state index >= 15 is 0 Å². The van der Waals surface area contributed by atoms with E-state index in [2.05, 4.69) is 36.8 Å². The summed E-state index contributed by atoms with van der Waals surface area (Å²) in [6, 6.07) is 16.1. The van der Waals surface area contributed by atoms with Gasteiger partial charge in [0.15, 0.2) is 28.6 Å². The van der Waals surface area contributed by atoms with Gasteiger partial charge in [0, 0.05) is 32.7 Å². The van der Waals surface area contributed by atoms with Crippen molar-refractivity contribution >= 4 is 72.0 Å². The van der Waals surface area contributed by atoms with Crippen LogP contribution in [0.2, 0.25) is 0 Å². The number of phenols is 1. The smallest absolute Gasteiger partial charge is 0.238 e. The molecule has 11 heteroatoms. The molecule has 2 amide bonds. The second-order valence-electron chi connectivity index (χ2n) is 12.4. The standard InChI is InChI=1S/C37H26Br2N2O7/c1-16-13-25(42)30-23(33(16)43)14-21-19(28(30)22-15-27(47-2)34(44)32(39)31(22)38)11-12-20-29(21)37(46)41(36(20)45)18-9-7-17(8-10-18)35-40-24-5-3-4-6-26(24)48-35/h3-11,13,15,20-21,28-29,44H,12,14H2,1-2H3. The first-order valence-corrected chi connectivity index (χ1v) is 17.0. The van der Waals surface area contributed by atoms with E-state index in [1.807, 2.05) is 30.3 Å². The summed E-state index contributed by atoms with van der Waals surface area (Å²) >= 11 is 7.03. The lowest BCUT2D eigenvalue weighted by Gasteiger charge is -2.42. The number of carbonyl (C=O) groups excluding carboxylic acids is 4. The van der Waals surface area contributed by atoms with E-state index in [9.17, 15) is 24.3 Å². The molecule has 4 aromatic rings. The summed E-state index contributed by atoms with van der Waals surface area (Å²) in [6.45, 7) is 1.61. The zero-order chi connectivity index (χ0) is 33.6. The normalized spacial score (nSPS) is 23.6. The van der Waals surface area contributed by atoms with E-state index < -0.39 is 23.7 Å². The van der Waals surface area contributed by atoms with Crippen molar-refractivity contribution in [2.75, 3.05) is 12.0 Å². The monoisotopic (exact) mass is 768 g/mol. The number of oxazole rings is 1. The Morgan fingerprint density at radius 1 is 0.979 bits per heavy atom. The summed E-state index contributed by atoms with van der Waals surface area (Å²) in [5, 5.41) is 10.7. The highest BCUT2D eigenvalue weighted by atomic mass is 79.9. The molecule has 4 aliphatic rings. The third-order valence-electron chi connectivity index (χ3n) is 9.93. The number of allylic oxidation sites excluding steroid dienone is 6. The van der Waals surface area contributed by atoms with Crippen LogP contribution in [0.3, 0.4) is 0 Å². The number of hydrogen-bond donors (Lipinski definition) is 1. The third kappa shape index (κ3) is 4.43. The number of imide groups is 1. The number of Topliss-reactive ketones (excluding diaryl/α,β-unsaturated/α-hetero) is 1. The number of aromatic nitrogens is 1. The van der Waals surface area contributed by atoms with Crippen molar-refractivity contribution in [2.24, 2.45) is 17.8 Å². The molecule has 0 spiro atoms. The zero-order valence-corrected chi connectivity index (χ0v) is 28.8. The number of nitrogens with zero attached hydrogens (tertiary/aromatic N) is 2. The number of para-hydroxylation sites is 2. The van der Waals surface area contributed by atoms with Crippen LogP contribution in [0, 0.1) is 17.8 Å². The molecule has 3 aliphatic carbocycles. The summed E-state index contributed by atoms with van der Waals surface area (Å²) < 4.78 is 12.2. The Morgan fingerprint density at radius 3 is 2.46 bits per heavy atom. The topological polar surface area (TPSA) is 127 Å². The highest BCUT2D eigenvalue weighted by molar-refractivity contribution is 9.13. The molecule has 1 N–H and O–H groups in total. The van der Waals surface area contributed by atoms with Crippen LogP contribution in [-0.2, 0) is 19.2 Å². The molecule has 1 fully saturated rings. The molecule has 1 aliphatic heterocycles. The molecule has 2 heterocycles. The number of hydrogen-bond acceptors (Lipinski definition) is 8. The van der Waals surface area contributed by atoms with Crippen LogP contribution in [0.1, 0.15) is 31.2 Å². The molecule has 3 aromatic carbocycles. The number of methoxy groups -OCH3 is 1. The maximum Gasteiger partial charge on any atom is 0.238 e. The summed E-state index contributed by atoms with van der Waals surface area (Å²) in [7, 11) is 1.43. The molecule has 48 heavy (non-hydrogen) atoms.